The Kier molecular flexibility index (Phi) is 7.03. The molecular formula is C27H23F3O3S. The Labute approximate surface area is 200 Å². The monoisotopic (exact) mass is 484 g/mol. The molecule has 0 radical (unpaired) electrons. The number of hydrogen-bond acceptors (Lipinski definition) is 4. The molecule has 0 aliphatic carbocycles. The van der Waals surface area contributed by atoms with Crippen molar-refractivity contribution in [3.8, 4) is 0 Å². The van der Waals surface area contributed by atoms with Gasteiger partial charge in [0.15, 0.2) is 0 Å². The molecule has 1 atom stereocenters. The summed E-state index contributed by atoms with van der Waals surface area (Å²) in [6.07, 6.45) is -3.37. The van der Waals surface area contributed by atoms with E-state index in [9.17, 15) is 23.1 Å². The number of hydrogen-bond donors (Lipinski definition) is 1. The third-order valence-corrected chi connectivity index (χ3v) is 6.99. The predicted octanol–water partition coefficient (Wildman–Crippen LogP) is 7.18. The summed E-state index contributed by atoms with van der Waals surface area (Å²) in [4.78, 5) is 13.0. The average molecular weight is 485 g/mol. The van der Waals surface area contributed by atoms with Crippen LogP contribution in [0.5, 0.6) is 0 Å². The number of cyclic esters (lactones) is 1. The van der Waals surface area contributed by atoms with E-state index in [0.717, 1.165) is 29.0 Å². The number of alkyl halides is 3. The Hall–Kier alpha value is -3.19. The maximum atomic E-state index is 13.3. The maximum Gasteiger partial charge on any atom is 0.416 e. The van der Waals surface area contributed by atoms with E-state index >= 15 is 0 Å². The van der Waals surface area contributed by atoms with Crippen LogP contribution in [0.25, 0.3) is 0 Å². The van der Waals surface area contributed by atoms with Gasteiger partial charge in [-0.25, -0.2) is 4.79 Å². The Balaban J connectivity index is 1.59. The largest absolute Gasteiger partial charge is 0.511 e. The fourth-order valence-electron chi connectivity index (χ4n) is 4.12. The quantitative estimate of drug-likeness (QED) is 0.361. The second kappa shape index (κ2) is 9.97. The van der Waals surface area contributed by atoms with Crippen LogP contribution in [0.2, 0.25) is 0 Å². The van der Waals surface area contributed by atoms with Crippen molar-refractivity contribution in [2.75, 3.05) is 0 Å². The highest BCUT2D eigenvalue weighted by molar-refractivity contribution is 8.03. The summed E-state index contributed by atoms with van der Waals surface area (Å²) in [5, 5.41) is 10.9. The topological polar surface area (TPSA) is 46.5 Å². The van der Waals surface area contributed by atoms with Crippen LogP contribution < -0.4 is 0 Å². The zero-order chi connectivity index (χ0) is 24.2. The number of thioether (sulfide) groups is 1. The molecule has 4 rings (SSSR count). The normalized spacial score (nSPS) is 18.6. The van der Waals surface area contributed by atoms with Crippen LogP contribution in [0.15, 0.2) is 95.6 Å². The molecule has 3 aromatic carbocycles. The molecular weight excluding hydrogens is 461 g/mol. The van der Waals surface area contributed by atoms with Gasteiger partial charge < -0.3 is 9.84 Å². The molecule has 0 amide bonds. The Morgan fingerprint density at radius 1 is 0.912 bits per heavy atom. The van der Waals surface area contributed by atoms with E-state index in [2.05, 4.69) is 0 Å². The lowest BCUT2D eigenvalue weighted by Crippen LogP contribution is -2.38. The van der Waals surface area contributed by atoms with Crippen molar-refractivity contribution in [3.63, 3.8) is 0 Å². The number of rotatable bonds is 7. The first-order valence-electron chi connectivity index (χ1n) is 10.8. The number of carbonyl (C=O) groups is 1. The summed E-state index contributed by atoms with van der Waals surface area (Å²) in [6, 6.07) is 24.2. The van der Waals surface area contributed by atoms with E-state index in [-0.39, 0.29) is 28.4 Å². The SMILES string of the molecule is O=C1OC(CCc2ccccc2)(c2ccccc2)CC(O)=C1SCc1ccccc1C(F)(F)F. The summed E-state index contributed by atoms with van der Waals surface area (Å²) >= 11 is 0.862. The van der Waals surface area contributed by atoms with Gasteiger partial charge in [0.2, 0.25) is 0 Å². The number of ether oxygens (including phenoxy) is 1. The van der Waals surface area contributed by atoms with Crippen molar-refractivity contribution in [2.45, 2.75) is 36.8 Å². The number of esters is 1. The van der Waals surface area contributed by atoms with Crippen LogP contribution in [-0.2, 0) is 33.5 Å². The lowest BCUT2D eigenvalue weighted by atomic mass is 9.82. The molecule has 7 heteroatoms. The molecule has 1 unspecified atom stereocenters. The van der Waals surface area contributed by atoms with E-state index in [0.29, 0.717) is 12.8 Å². The third-order valence-electron chi connectivity index (χ3n) is 5.84. The first-order valence-corrected chi connectivity index (χ1v) is 11.8. The molecule has 3 nitrogen and oxygen atoms in total. The number of aryl methyl sites for hydroxylation is 1. The molecule has 34 heavy (non-hydrogen) atoms. The number of benzene rings is 3. The molecule has 1 heterocycles. The highest BCUT2D eigenvalue weighted by Crippen LogP contribution is 2.44. The van der Waals surface area contributed by atoms with Crippen molar-refractivity contribution in [3.05, 3.63) is 118 Å². The minimum Gasteiger partial charge on any atom is -0.511 e. The van der Waals surface area contributed by atoms with Gasteiger partial charge in [0.25, 0.3) is 0 Å². The zero-order valence-electron chi connectivity index (χ0n) is 18.2. The molecule has 3 aromatic rings. The van der Waals surface area contributed by atoms with Gasteiger partial charge in [0, 0.05) is 5.75 Å². The molecule has 1 aliphatic heterocycles. The highest BCUT2D eigenvalue weighted by atomic mass is 32.2. The minimum atomic E-state index is -4.50. The maximum absolute atomic E-state index is 13.3. The van der Waals surface area contributed by atoms with Crippen molar-refractivity contribution < 1.29 is 27.8 Å². The first-order chi connectivity index (χ1) is 16.3. The fraction of sp³-hybridized carbons (Fsp3) is 0.222. The summed E-state index contributed by atoms with van der Waals surface area (Å²) in [5.74, 6) is -1.01. The van der Waals surface area contributed by atoms with Crippen LogP contribution in [0.3, 0.4) is 0 Å². The fourth-order valence-corrected chi connectivity index (χ4v) is 5.07. The highest BCUT2D eigenvalue weighted by Gasteiger charge is 2.43. The van der Waals surface area contributed by atoms with Crippen molar-refractivity contribution in [2.24, 2.45) is 0 Å². The van der Waals surface area contributed by atoms with Gasteiger partial charge in [-0.3, -0.25) is 0 Å². The molecule has 0 saturated carbocycles. The van der Waals surface area contributed by atoms with Crippen molar-refractivity contribution in [1.82, 2.24) is 0 Å². The Morgan fingerprint density at radius 3 is 2.18 bits per heavy atom. The number of carbonyl (C=O) groups excluding carboxylic acids is 1. The van der Waals surface area contributed by atoms with Gasteiger partial charge in [0.05, 0.1) is 12.0 Å². The van der Waals surface area contributed by atoms with Gasteiger partial charge in [-0.1, -0.05) is 78.9 Å². The molecule has 0 saturated heterocycles. The first kappa shape index (κ1) is 24.0. The third kappa shape index (κ3) is 5.30. The molecule has 0 bridgehead atoms. The minimum absolute atomic E-state index is 0.0390. The van der Waals surface area contributed by atoms with Gasteiger partial charge in [-0.05, 0) is 35.6 Å². The van der Waals surface area contributed by atoms with Crippen LogP contribution in [0.4, 0.5) is 13.2 Å². The Morgan fingerprint density at radius 2 is 1.53 bits per heavy atom. The second-order valence-corrected chi connectivity index (χ2v) is 9.12. The van der Waals surface area contributed by atoms with E-state index in [1.165, 1.54) is 18.2 Å². The lowest BCUT2D eigenvalue weighted by Gasteiger charge is -2.37. The molecule has 176 valence electrons. The second-order valence-electron chi connectivity index (χ2n) is 8.13. The van der Waals surface area contributed by atoms with E-state index in [4.69, 9.17) is 4.74 Å². The zero-order valence-corrected chi connectivity index (χ0v) is 19.0. The summed E-state index contributed by atoms with van der Waals surface area (Å²) in [6.45, 7) is 0. The van der Waals surface area contributed by atoms with Crippen molar-refractivity contribution >= 4 is 17.7 Å². The van der Waals surface area contributed by atoms with Crippen LogP contribution in [-0.4, -0.2) is 11.1 Å². The summed E-state index contributed by atoms with van der Waals surface area (Å²) in [5.41, 5.74) is 0.0514. The number of aliphatic hydroxyl groups is 1. The van der Waals surface area contributed by atoms with Crippen LogP contribution in [0, 0.1) is 0 Å². The molecule has 1 N–H and O–H groups in total. The van der Waals surface area contributed by atoms with Gasteiger partial charge >= 0.3 is 12.1 Å². The number of halogens is 3. The summed E-state index contributed by atoms with van der Waals surface area (Å²) in [7, 11) is 0. The standard InChI is InChI=1S/C27H23F3O3S/c28-27(29,30)22-14-8-7-11-20(22)18-34-24-23(31)17-26(33-25(24)32,21-12-5-2-6-13-21)16-15-19-9-3-1-4-10-19/h1-14,31H,15-18H2. The molecule has 0 aromatic heterocycles. The van der Waals surface area contributed by atoms with E-state index in [1.807, 2.05) is 60.7 Å². The van der Waals surface area contributed by atoms with Gasteiger partial charge in [0.1, 0.15) is 16.3 Å². The smallest absolute Gasteiger partial charge is 0.416 e. The molecule has 0 spiro atoms. The van der Waals surface area contributed by atoms with Crippen LogP contribution >= 0.6 is 11.8 Å². The van der Waals surface area contributed by atoms with E-state index < -0.39 is 23.3 Å². The lowest BCUT2D eigenvalue weighted by molar-refractivity contribution is -0.160. The van der Waals surface area contributed by atoms with Gasteiger partial charge in [-0.2, -0.15) is 13.2 Å². The molecule has 1 aliphatic rings. The summed E-state index contributed by atoms with van der Waals surface area (Å²) < 4.78 is 45.9. The number of aliphatic hydroxyl groups excluding tert-OH is 1. The Bertz CT molecular complexity index is 1180. The van der Waals surface area contributed by atoms with Crippen LogP contribution in [0.1, 0.15) is 35.1 Å². The van der Waals surface area contributed by atoms with Crippen molar-refractivity contribution in [1.29, 1.82) is 0 Å². The predicted molar refractivity (Wildman–Crippen MR) is 126 cm³/mol. The average Bonchev–Trinajstić information content (AvgIpc) is 2.83. The van der Waals surface area contributed by atoms with Gasteiger partial charge in [-0.15, -0.1) is 11.8 Å². The van der Waals surface area contributed by atoms with E-state index in [1.54, 1.807) is 0 Å². The molecule has 0 fully saturated rings.